The molecule has 0 aliphatic rings. The first-order valence-electron chi connectivity index (χ1n) is 5.14. The molecule has 0 aliphatic heterocycles. The minimum absolute atomic E-state index is 0.0525. The second-order valence-electron chi connectivity index (χ2n) is 3.64. The van der Waals surface area contributed by atoms with Gasteiger partial charge in [-0.05, 0) is 6.07 Å². The molecule has 17 heavy (non-hydrogen) atoms. The molecule has 4 heteroatoms. The molecule has 0 saturated carbocycles. The Hall–Kier alpha value is -1.81. The van der Waals surface area contributed by atoms with Gasteiger partial charge in [-0.3, -0.25) is 9.59 Å². The van der Waals surface area contributed by atoms with Gasteiger partial charge >= 0.3 is 0 Å². The predicted molar refractivity (Wildman–Crippen MR) is 68.7 cm³/mol. The Bertz CT molecular complexity index is 590. The van der Waals surface area contributed by atoms with Gasteiger partial charge in [0.25, 0.3) is 5.56 Å². The van der Waals surface area contributed by atoms with E-state index in [4.69, 9.17) is 0 Å². The summed E-state index contributed by atoms with van der Waals surface area (Å²) in [6, 6.07) is 12.0. The number of pyridine rings is 1. The lowest BCUT2D eigenvalue weighted by Gasteiger charge is -2.04. The number of hydrogen-bond acceptors (Lipinski definition) is 3. The molecule has 0 aliphatic carbocycles. The van der Waals surface area contributed by atoms with Crippen molar-refractivity contribution in [2.75, 3.05) is 0 Å². The maximum atomic E-state index is 11.9. The van der Waals surface area contributed by atoms with Crippen LogP contribution in [-0.4, -0.2) is 10.4 Å². The Kier molecular flexibility index (Phi) is 3.44. The van der Waals surface area contributed by atoms with Crippen LogP contribution in [0.4, 0.5) is 0 Å². The maximum Gasteiger partial charge on any atom is 0.252 e. The molecule has 1 aromatic carbocycles. The standard InChI is InChI=1S/C13H11NO2S/c15-12(10-4-2-1-3-5-10)9-14-7-6-11(17)8-13(14)16/h1-8,17H,9H2. The van der Waals surface area contributed by atoms with Crippen molar-refractivity contribution in [1.82, 2.24) is 4.57 Å². The van der Waals surface area contributed by atoms with Crippen LogP contribution in [0.5, 0.6) is 0 Å². The zero-order valence-corrected chi connectivity index (χ0v) is 9.93. The lowest BCUT2D eigenvalue weighted by atomic mass is 10.1. The number of thiol groups is 1. The number of rotatable bonds is 3. The molecular formula is C13H11NO2S. The number of carbonyl (C=O) groups is 1. The molecule has 0 amide bonds. The minimum atomic E-state index is -0.221. The molecule has 2 aromatic rings. The van der Waals surface area contributed by atoms with Crippen LogP contribution in [0, 0.1) is 0 Å². The van der Waals surface area contributed by atoms with Crippen LogP contribution < -0.4 is 5.56 Å². The highest BCUT2D eigenvalue weighted by molar-refractivity contribution is 7.80. The van der Waals surface area contributed by atoms with Crippen LogP contribution in [0.1, 0.15) is 10.4 Å². The van der Waals surface area contributed by atoms with Crippen LogP contribution in [0.15, 0.2) is 58.4 Å². The van der Waals surface area contributed by atoms with Crippen molar-refractivity contribution in [2.24, 2.45) is 0 Å². The summed E-state index contributed by atoms with van der Waals surface area (Å²) < 4.78 is 1.37. The minimum Gasteiger partial charge on any atom is -0.308 e. The third-order valence-electron chi connectivity index (χ3n) is 2.39. The summed E-state index contributed by atoms with van der Waals surface area (Å²) in [5.41, 5.74) is 0.385. The molecule has 0 bridgehead atoms. The summed E-state index contributed by atoms with van der Waals surface area (Å²) in [4.78, 5) is 24.0. The summed E-state index contributed by atoms with van der Waals surface area (Å²) in [7, 11) is 0. The first kappa shape index (κ1) is 11.7. The molecule has 0 unspecified atom stereocenters. The Morgan fingerprint density at radius 3 is 2.53 bits per heavy atom. The molecular weight excluding hydrogens is 234 g/mol. The summed E-state index contributed by atoms with van der Waals surface area (Å²) in [6.07, 6.45) is 1.57. The van der Waals surface area contributed by atoms with Crippen molar-refractivity contribution >= 4 is 18.4 Å². The number of carbonyl (C=O) groups excluding carboxylic acids is 1. The first-order chi connectivity index (χ1) is 8.16. The smallest absolute Gasteiger partial charge is 0.252 e. The summed E-state index contributed by atoms with van der Waals surface area (Å²) in [5, 5.41) is 0. The molecule has 0 N–H and O–H groups in total. The summed E-state index contributed by atoms with van der Waals surface area (Å²) in [5.74, 6) is -0.0837. The van der Waals surface area contributed by atoms with Crippen molar-refractivity contribution in [2.45, 2.75) is 11.4 Å². The normalized spacial score (nSPS) is 10.2. The van der Waals surface area contributed by atoms with Crippen LogP contribution in [0.2, 0.25) is 0 Å². The van der Waals surface area contributed by atoms with E-state index in [0.717, 1.165) is 0 Å². The average molecular weight is 245 g/mol. The van der Waals surface area contributed by atoms with Crippen LogP contribution in [-0.2, 0) is 6.54 Å². The van der Waals surface area contributed by atoms with E-state index in [1.807, 2.05) is 6.07 Å². The highest BCUT2D eigenvalue weighted by Crippen LogP contribution is 2.03. The van der Waals surface area contributed by atoms with E-state index in [1.165, 1.54) is 10.6 Å². The zero-order chi connectivity index (χ0) is 12.3. The number of nitrogens with zero attached hydrogens (tertiary/aromatic N) is 1. The van der Waals surface area contributed by atoms with Gasteiger partial charge in [0.05, 0.1) is 6.54 Å². The Morgan fingerprint density at radius 1 is 1.18 bits per heavy atom. The molecule has 0 atom stereocenters. The Labute approximate surface area is 104 Å². The predicted octanol–water partition coefficient (Wildman–Crippen LogP) is 2.02. The third kappa shape index (κ3) is 2.85. The quantitative estimate of drug-likeness (QED) is 0.663. The lowest BCUT2D eigenvalue weighted by Crippen LogP contribution is -2.22. The fourth-order valence-corrected chi connectivity index (χ4v) is 1.68. The molecule has 3 nitrogen and oxygen atoms in total. The molecule has 0 radical (unpaired) electrons. The number of Topliss-reactive ketones (excluding diaryl/α,β-unsaturated/α-hetero) is 1. The van der Waals surface area contributed by atoms with Gasteiger partial charge in [0.1, 0.15) is 0 Å². The highest BCUT2D eigenvalue weighted by Gasteiger charge is 2.06. The number of ketones is 1. The van der Waals surface area contributed by atoms with Gasteiger partial charge in [0, 0.05) is 22.7 Å². The van der Waals surface area contributed by atoms with Crippen molar-refractivity contribution in [1.29, 1.82) is 0 Å². The van der Waals surface area contributed by atoms with Crippen LogP contribution in [0.25, 0.3) is 0 Å². The average Bonchev–Trinajstić information content (AvgIpc) is 2.34. The molecule has 0 fully saturated rings. The van der Waals surface area contributed by atoms with E-state index >= 15 is 0 Å². The fraction of sp³-hybridized carbons (Fsp3) is 0.0769. The van der Waals surface area contributed by atoms with Crippen molar-refractivity contribution < 1.29 is 4.79 Å². The van der Waals surface area contributed by atoms with Gasteiger partial charge in [-0.15, -0.1) is 12.6 Å². The van der Waals surface area contributed by atoms with E-state index < -0.39 is 0 Å². The van der Waals surface area contributed by atoms with Crippen molar-refractivity contribution in [3.8, 4) is 0 Å². The fourth-order valence-electron chi connectivity index (χ4n) is 1.50. The third-order valence-corrected chi connectivity index (χ3v) is 2.67. The highest BCUT2D eigenvalue weighted by atomic mass is 32.1. The molecule has 0 spiro atoms. The molecule has 0 saturated heterocycles. The molecule has 1 heterocycles. The first-order valence-corrected chi connectivity index (χ1v) is 5.59. The van der Waals surface area contributed by atoms with Gasteiger partial charge in [0.2, 0.25) is 0 Å². The Morgan fingerprint density at radius 2 is 1.88 bits per heavy atom. The van der Waals surface area contributed by atoms with Crippen LogP contribution >= 0.6 is 12.6 Å². The SMILES string of the molecule is O=C(Cn1ccc(S)cc1=O)c1ccccc1. The van der Waals surface area contributed by atoms with E-state index in [9.17, 15) is 9.59 Å². The van der Waals surface area contributed by atoms with Gasteiger partial charge in [-0.2, -0.15) is 0 Å². The number of aromatic nitrogens is 1. The monoisotopic (exact) mass is 245 g/mol. The molecule has 1 aromatic heterocycles. The van der Waals surface area contributed by atoms with Gasteiger partial charge in [-0.1, -0.05) is 30.3 Å². The largest absolute Gasteiger partial charge is 0.308 e. The van der Waals surface area contributed by atoms with Crippen molar-refractivity contribution in [3.63, 3.8) is 0 Å². The summed E-state index contributed by atoms with van der Waals surface area (Å²) in [6.45, 7) is 0.0525. The van der Waals surface area contributed by atoms with E-state index in [0.29, 0.717) is 10.5 Å². The Balaban J connectivity index is 2.22. The number of benzene rings is 1. The molecule has 2 rings (SSSR count). The van der Waals surface area contributed by atoms with Crippen LogP contribution in [0.3, 0.4) is 0 Å². The van der Waals surface area contributed by atoms with E-state index in [-0.39, 0.29) is 17.9 Å². The van der Waals surface area contributed by atoms with Gasteiger partial charge in [-0.25, -0.2) is 0 Å². The maximum absolute atomic E-state index is 11.9. The van der Waals surface area contributed by atoms with Crippen molar-refractivity contribution in [3.05, 3.63) is 64.6 Å². The van der Waals surface area contributed by atoms with Gasteiger partial charge < -0.3 is 4.57 Å². The topological polar surface area (TPSA) is 39.1 Å². The second kappa shape index (κ2) is 5.01. The van der Waals surface area contributed by atoms with E-state index in [1.54, 1.807) is 36.5 Å². The van der Waals surface area contributed by atoms with Gasteiger partial charge in [0.15, 0.2) is 5.78 Å². The second-order valence-corrected chi connectivity index (χ2v) is 4.16. The van der Waals surface area contributed by atoms with E-state index in [2.05, 4.69) is 12.6 Å². The number of hydrogen-bond donors (Lipinski definition) is 1. The summed E-state index contributed by atoms with van der Waals surface area (Å²) >= 11 is 4.06. The lowest BCUT2D eigenvalue weighted by molar-refractivity contribution is 0.0971. The molecule has 86 valence electrons. The zero-order valence-electron chi connectivity index (χ0n) is 9.04.